The van der Waals surface area contributed by atoms with E-state index in [-0.39, 0.29) is 0 Å². The Morgan fingerprint density at radius 1 is 1.70 bits per heavy atom. The lowest BCUT2D eigenvalue weighted by Gasteiger charge is -1.93. The van der Waals surface area contributed by atoms with Crippen LogP contribution >= 0.6 is 12.2 Å². The van der Waals surface area contributed by atoms with Gasteiger partial charge in [0, 0.05) is 6.20 Å². The summed E-state index contributed by atoms with van der Waals surface area (Å²) < 4.78 is 0.416. The number of hydrogen-bond acceptors (Lipinski definition) is 3. The number of nitrogens with one attached hydrogen (secondary N) is 1. The maximum Gasteiger partial charge on any atom is 0.127 e. The Balaban J connectivity index is 3.46. The average molecular weight is 151 g/mol. The first-order chi connectivity index (χ1) is 4.75. The molecule has 0 aliphatic carbocycles. The third-order valence-corrected chi connectivity index (χ3v) is 1.46. The van der Waals surface area contributed by atoms with Crippen molar-refractivity contribution in [3.8, 4) is 6.07 Å². The van der Waals surface area contributed by atoms with Gasteiger partial charge in [-0.05, 0) is 6.07 Å². The molecule has 0 aliphatic rings. The van der Waals surface area contributed by atoms with E-state index in [0.717, 1.165) is 0 Å². The molecule has 10 heavy (non-hydrogen) atoms. The summed E-state index contributed by atoms with van der Waals surface area (Å²) in [5, 5.41) is 8.45. The SMILES string of the molecule is N#Cc1cc[nH]c(=S)c1N. The number of aromatic nitrogens is 1. The molecule has 1 aromatic heterocycles. The Bertz CT molecular complexity index is 334. The summed E-state index contributed by atoms with van der Waals surface area (Å²) in [5.41, 5.74) is 6.20. The van der Waals surface area contributed by atoms with Crippen molar-refractivity contribution in [1.82, 2.24) is 4.98 Å². The van der Waals surface area contributed by atoms with Crippen molar-refractivity contribution in [2.24, 2.45) is 0 Å². The molecule has 1 aromatic rings. The fourth-order valence-corrected chi connectivity index (χ4v) is 0.766. The predicted molar refractivity (Wildman–Crippen MR) is 40.8 cm³/mol. The summed E-state index contributed by atoms with van der Waals surface area (Å²) >= 11 is 4.78. The number of anilines is 1. The highest BCUT2D eigenvalue weighted by molar-refractivity contribution is 7.71. The molecule has 3 N–H and O–H groups in total. The lowest BCUT2D eigenvalue weighted by Crippen LogP contribution is -1.92. The molecule has 0 amide bonds. The number of pyridine rings is 1. The number of hydrogen-bond donors (Lipinski definition) is 2. The monoisotopic (exact) mass is 151 g/mol. The lowest BCUT2D eigenvalue weighted by atomic mass is 10.2. The summed E-state index contributed by atoms with van der Waals surface area (Å²) in [5.74, 6) is 0. The first-order valence-corrected chi connectivity index (χ1v) is 3.04. The molecule has 0 bridgehead atoms. The second-order valence-corrected chi connectivity index (χ2v) is 2.15. The van der Waals surface area contributed by atoms with Gasteiger partial charge in [-0.15, -0.1) is 0 Å². The van der Waals surface area contributed by atoms with Crippen LogP contribution in [0.5, 0.6) is 0 Å². The molecule has 0 saturated carbocycles. The van der Waals surface area contributed by atoms with Gasteiger partial charge in [-0.2, -0.15) is 5.26 Å². The Morgan fingerprint density at radius 3 is 2.90 bits per heavy atom. The number of nitrogens with zero attached hydrogens (tertiary/aromatic N) is 1. The van der Waals surface area contributed by atoms with E-state index in [4.69, 9.17) is 23.2 Å². The van der Waals surface area contributed by atoms with Crippen LogP contribution in [0.4, 0.5) is 5.69 Å². The second-order valence-electron chi connectivity index (χ2n) is 1.75. The normalized spacial score (nSPS) is 8.70. The largest absolute Gasteiger partial charge is 0.395 e. The maximum atomic E-state index is 8.45. The van der Waals surface area contributed by atoms with Crippen LogP contribution < -0.4 is 5.73 Å². The molecule has 0 aromatic carbocycles. The van der Waals surface area contributed by atoms with Gasteiger partial charge in [0.15, 0.2) is 0 Å². The zero-order chi connectivity index (χ0) is 7.56. The van der Waals surface area contributed by atoms with E-state index in [1.165, 1.54) is 0 Å². The zero-order valence-corrected chi connectivity index (χ0v) is 5.90. The molecule has 0 saturated heterocycles. The Kier molecular flexibility index (Phi) is 1.69. The molecule has 0 atom stereocenters. The Hall–Kier alpha value is -1.34. The van der Waals surface area contributed by atoms with Crippen molar-refractivity contribution in [2.75, 3.05) is 5.73 Å². The first kappa shape index (κ1) is 6.78. The summed E-state index contributed by atoms with van der Waals surface area (Å²) in [4.78, 5) is 2.71. The topological polar surface area (TPSA) is 65.6 Å². The third kappa shape index (κ3) is 0.993. The fourth-order valence-electron chi connectivity index (χ4n) is 0.588. The fraction of sp³-hybridized carbons (Fsp3) is 0. The highest BCUT2D eigenvalue weighted by Crippen LogP contribution is 2.08. The highest BCUT2D eigenvalue weighted by Gasteiger charge is 1.95. The van der Waals surface area contributed by atoms with E-state index in [9.17, 15) is 0 Å². The maximum absolute atomic E-state index is 8.45. The molecule has 50 valence electrons. The minimum absolute atomic E-state index is 0.347. The van der Waals surface area contributed by atoms with E-state index < -0.39 is 0 Å². The van der Waals surface area contributed by atoms with Crippen molar-refractivity contribution in [3.63, 3.8) is 0 Å². The number of H-pyrrole nitrogens is 1. The molecular formula is C6H5N3S. The molecule has 0 radical (unpaired) electrons. The van der Waals surface area contributed by atoms with Gasteiger partial charge < -0.3 is 10.7 Å². The van der Waals surface area contributed by atoms with Crippen LogP contribution in [-0.2, 0) is 0 Å². The summed E-state index contributed by atoms with van der Waals surface area (Å²) in [6, 6.07) is 3.51. The molecule has 1 heterocycles. The van der Waals surface area contributed by atoms with Crippen molar-refractivity contribution in [3.05, 3.63) is 22.5 Å². The predicted octanol–water partition coefficient (Wildman–Crippen LogP) is 1.20. The smallest absolute Gasteiger partial charge is 0.127 e. The Morgan fingerprint density at radius 2 is 2.40 bits per heavy atom. The standard InChI is InChI=1S/C6H5N3S/c7-3-4-1-2-9-6(10)5(4)8/h1-2H,8H2,(H,9,10). The second kappa shape index (κ2) is 2.50. The molecule has 4 heteroatoms. The van der Waals surface area contributed by atoms with E-state index >= 15 is 0 Å². The van der Waals surface area contributed by atoms with Crippen LogP contribution in [0, 0.1) is 16.0 Å². The summed E-state index contributed by atoms with van der Waals surface area (Å²) in [6.07, 6.45) is 1.59. The highest BCUT2D eigenvalue weighted by atomic mass is 32.1. The quantitative estimate of drug-likeness (QED) is 0.547. The van der Waals surface area contributed by atoms with Gasteiger partial charge in [0.2, 0.25) is 0 Å². The van der Waals surface area contributed by atoms with Gasteiger partial charge >= 0.3 is 0 Å². The van der Waals surface area contributed by atoms with E-state index in [2.05, 4.69) is 4.98 Å². The van der Waals surface area contributed by atoms with Crippen molar-refractivity contribution in [2.45, 2.75) is 0 Å². The van der Waals surface area contributed by atoms with Gasteiger partial charge in [0.1, 0.15) is 10.7 Å². The zero-order valence-electron chi connectivity index (χ0n) is 5.09. The molecule has 0 fully saturated rings. The first-order valence-electron chi connectivity index (χ1n) is 2.63. The average Bonchev–Trinajstić information content (AvgIpc) is 1.95. The minimum atomic E-state index is 0.347. The number of rotatable bonds is 0. The minimum Gasteiger partial charge on any atom is -0.395 e. The third-order valence-electron chi connectivity index (χ3n) is 1.12. The molecule has 0 aliphatic heterocycles. The van der Waals surface area contributed by atoms with Gasteiger partial charge in [0.25, 0.3) is 0 Å². The number of aromatic amines is 1. The molecule has 1 rings (SSSR count). The van der Waals surface area contributed by atoms with Crippen LogP contribution in [0.2, 0.25) is 0 Å². The van der Waals surface area contributed by atoms with Gasteiger partial charge in [-0.1, -0.05) is 12.2 Å². The van der Waals surface area contributed by atoms with Gasteiger partial charge in [-0.25, -0.2) is 0 Å². The summed E-state index contributed by atoms with van der Waals surface area (Å²) in [6.45, 7) is 0. The van der Waals surface area contributed by atoms with E-state index in [1.807, 2.05) is 6.07 Å². The molecular weight excluding hydrogens is 146 g/mol. The van der Waals surface area contributed by atoms with Crippen LogP contribution in [0.3, 0.4) is 0 Å². The van der Waals surface area contributed by atoms with Crippen LogP contribution in [-0.4, -0.2) is 4.98 Å². The van der Waals surface area contributed by atoms with Gasteiger partial charge in [0.05, 0.1) is 11.3 Å². The molecule has 0 unspecified atom stereocenters. The number of nitrogen functional groups attached to an aromatic ring is 1. The van der Waals surface area contributed by atoms with E-state index in [0.29, 0.717) is 15.9 Å². The molecule has 3 nitrogen and oxygen atoms in total. The van der Waals surface area contributed by atoms with Gasteiger partial charge in [-0.3, -0.25) is 0 Å². The van der Waals surface area contributed by atoms with Crippen molar-refractivity contribution in [1.29, 1.82) is 5.26 Å². The number of nitriles is 1. The lowest BCUT2D eigenvalue weighted by molar-refractivity contribution is 1.29. The molecule has 0 spiro atoms. The van der Waals surface area contributed by atoms with Crippen LogP contribution in [0.1, 0.15) is 5.56 Å². The number of nitrogens with two attached hydrogens (primary N) is 1. The van der Waals surface area contributed by atoms with Crippen LogP contribution in [0.25, 0.3) is 0 Å². The Labute approximate surface area is 63.1 Å². The van der Waals surface area contributed by atoms with Crippen molar-refractivity contribution >= 4 is 17.9 Å². The van der Waals surface area contributed by atoms with Crippen LogP contribution in [0.15, 0.2) is 12.3 Å². The van der Waals surface area contributed by atoms with E-state index in [1.54, 1.807) is 12.3 Å². The summed E-state index contributed by atoms with van der Waals surface area (Å²) in [7, 11) is 0. The van der Waals surface area contributed by atoms with Crippen molar-refractivity contribution < 1.29 is 0 Å².